The average molecular weight is 284 g/mol. The van der Waals surface area contributed by atoms with Crippen molar-refractivity contribution < 1.29 is 35.9 Å². The summed E-state index contributed by atoms with van der Waals surface area (Å²) in [7, 11) is 0. The van der Waals surface area contributed by atoms with E-state index in [1.807, 2.05) is 0 Å². The second-order valence-corrected chi connectivity index (χ2v) is 4.05. The molecule has 0 atom stereocenters. The summed E-state index contributed by atoms with van der Waals surface area (Å²) in [6, 6.07) is 3.79. The maximum atomic E-state index is 13.0. The van der Waals surface area contributed by atoms with Crippen LogP contribution in [0.3, 0.4) is 0 Å². The molecule has 0 N–H and O–H groups in total. The number of hydrogen-bond donors (Lipinski definition) is 0. The minimum Gasteiger partial charge on any atom is -0.426 e. The molecule has 1 aliphatic rings. The molecule has 2 nitrogen and oxygen atoms in total. The number of fused-ring (bicyclic) bond motifs is 1. The molecule has 0 fully saturated rings. The number of para-hydroxylation sites is 1. The van der Waals surface area contributed by atoms with Crippen LogP contribution in [0.5, 0.6) is 5.75 Å². The Hall–Kier alpha value is -1.73. The van der Waals surface area contributed by atoms with Gasteiger partial charge in [0.15, 0.2) is 5.41 Å². The minimum absolute atomic E-state index is 0.669. The van der Waals surface area contributed by atoms with Crippen LogP contribution in [0.4, 0.5) is 26.3 Å². The van der Waals surface area contributed by atoms with Crippen LogP contribution in [0.15, 0.2) is 24.3 Å². The molecule has 0 saturated heterocycles. The summed E-state index contributed by atoms with van der Waals surface area (Å²) in [5, 5.41) is 0. The Kier molecular flexibility index (Phi) is 2.80. The zero-order chi connectivity index (χ0) is 14.5. The summed E-state index contributed by atoms with van der Waals surface area (Å²) < 4.78 is 82.5. The first-order valence-corrected chi connectivity index (χ1v) is 5.03. The summed E-state index contributed by atoms with van der Waals surface area (Å²) in [5.41, 5.74) is -5.30. The van der Waals surface area contributed by atoms with Crippen LogP contribution in [-0.4, -0.2) is 18.3 Å². The maximum absolute atomic E-state index is 13.0. The highest BCUT2D eigenvalue weighted by molar-refractivity contribution is 5.78. The van der Waals surface area contributed by atoms with Crippen molar-refractivity contribution in [1.29, 1.82) is 0 Å². The number of alkyl halides is 6. The van der Waals surface area contributed by atoms with Crippen molar-refractivity contribution in [2.45, 2.75) is 24.2 Å². The van der Waals surface area contributed by atoms with E-state index in [2.05, 4.69) is 4.74 Å². The van der Waals surface area contributed by atoms with Crippen LogP contribution in [0, 0.1) is 0 Å². The topological polar surface area (TPSA) is 26.3 Å². The van der Waals surface area contributed by atoms with Crippen LogP contribution in [0.2, 0.25) is 0 Å². The normalized spacial score (nSPS) is 18.7. The SMILES string of the molecule is O=C1CC(C(F)(F)F)(C(F)(F)F)c2ccccc2O1. The van der Waals surface area contributed by atoms with E-state index in [0.717, 1.165) is 12.1 Å². The summed E-state index contributed by atoms with van der Waals surface area (Å²) >= 11 is 0. The Morgan fingerprint density at radius 2 is 1.53 bits per heavy atom. The number of carbonyl (C=O) groups is 1. The monoisotopic (exact) mass is 284 g/mol. The highest BCUT2D eigenvalue weighted by Crippen LogP contribution is 2.57. The molecule has 1 aromatic carbocycles. The zero-order valence-electron chi connectivity index (χ0n) is 9.10. The molecule has 104 valence electrons. The third kappa shape index (κ3) is 1.85. The standard InChI is InChI=1S/C11H6F6O2/c12-10(13,14)9(11(15,16)17)5-8(18)19-7-4-2-1-3-6(7)9/h1-4H,5H2. The second-order valence-electron chi connectivity index (χ2n) is 4.05. The van der Waals surface area contributed by atoms with Crippen LogP contribution in [0.1, 0.15) is 12.0 Å². The molecule has 1 aromatic rings. The molecule has 0 saturated carbocycles. The van der Waals surface area contributed by atoms with Gasteiger partial charge >= 0.3 is 18.3 Å². The molecule has 19 heavy (non-hydrogen) atoms. The summed E-state index contributed by atoms with van der Waals surface area (Å²) in [5.74, 6) is -2.28. The lowest BCUT2D eigenvalue weighted by atomic mass is 9.74. The Morgan fingerprint density at radius 1 is 1.00 bits per heavy atom. The molecule has 0 aliphatic carbocycles. The fourth-order valence-electron chi connectivity index (χ4n) is 2.05. The third-order valence-electron chi connectivity index (χ3n) is 2.95. The highest BCUT2D eigenvalue weighted by atomic mass is 19.4. The average Bonchev–Trinajstić information content (AvgIpc) is 2.24. The number of halogens is 6. The van der Waals surface area contributed by atoms with Crippen molar-refractivity contribution in [3.63, 3.8) is 0 Å². The Balaban J connectivity index is 2.79. The maximum Gasteiger partial charge on any atom is 0.407 e. The number of ether oxygens (including phenoxy) is 1. The fourth-order valence-corrected chi connectivity index (χ4v) is 2.05. The highest BCUT2D eigenvalue weighted by Gasteiger charge is 2.74. The lowest BCUT2D eigenvalue weighted by Gasteiger charge is -2.40. The molecular weight excluding hydrogens is 278 g/mol. The van der Waals surface area contributed by atoms with E-state index < -0.39 is 41.5 Å². The van der Waals surface area contributed by atoms with Gasteiger partial charge in [-0.2, -0.15) is 26.3 Å². The molecule has 0 amide bonds. The second kappa shape index (κ2) is 3.88. The molecule has 0 radical (unpaired) electrons. The van der Waals surface area contributed by atoms with E-state index in [1.54, 1.807) is 0 Å². The Labute approximate surface area is 103 Å². The van der Waals surface area contributed by atoms with Gasteiger partial charge in [0.2, 0.25) is 0 Å². The quantitative estimate of drug-likeness (QED) is 0.415. The third-order valence-corrected chi connectivity index (χ3v) is 2.95. The smallest absolute Gasteiger partial charge is 0.407 e. The van der Waals surface area contributed by atoms with Crippen molar-refractivity contribution in [3.05, 3.63) is 29.8 Å². The van der Waals surface area contributed by atoms with Gasteiger partial charge in [0.05, 0.1) is 6.42 Å². The first-order valence-electron chi connectivity index (χ1n) is 5.03. The molecule has 0 aromatic heterocycles. The van der Waals surface area contributed by atoms with Crippen molar-refractivity contribution in [2.24, 2.45) is 0 Å². The Morgan fingerprint density at radius 3 is 2.05 bits per heavy atom. The lowest BCUT2D eigenvalue weighted by molar-refractivity contribution is -0.306. The van der Waals surface area contributed by atoms with E-state index in [1.165, 1.54) is 6.07 Å². The van der Waals surface area contributed by atoms with E-state index in [-0.39, 0.29) is 0 Å². The van der Waals surface area contributed by atoms with Gasteiger partial charge in [-0.05, 0) is 6.07 Å². The molecular formula is C11H6F6O2. The molecule has 0 spiro atoms. The summed E-state index contributed by atoms with van der Waals surface area (Å²) in [4.78, 5) is 11.1. The van der Waals surface area contributed by atoms with E-state index in [4.69, 9.17) is 0 Å². The van der Waals surface area contributed by atoms with Crippen LogP contribution in [0.25, 0.3) is 0 Å². The minimum atomic E-state index is -5.65. The summed E-state index contributed by atoms with van der Waals surface area (Å²) in [6.07, 6.45) is -13.1. The molecule has 2 rings (SSSR count). The Bertz CT molecular complexity index is 503. The number of esters is 1. The van der Waals surface area contributed by atoms with Gasteiger partial charge < -0.3 is 4.74 Å². The molecule has 8 heteroatoms. The van der Waals surface area contributed by atoms with Gasteiger partial charge in [-0.3, -0.25) is 4.79 Å². The summed E-state index contributed by atoms with van der Waals surface area (Å²) in [6.45, 7) is 0. The number of carbonyl (C=O) groups excluding carboxylic acids is 1. The fraction of sp³-hybridized carbons (Fsp3) is 0.364. The first kappa shape index (κ1) is 13.7. The van der Waals surface area contributed by atoms with Gasteiger partial charge in [-0.15, -0.1) is 0 Å². The largest absolute Gasteiger partial charge is 0.426 e. The predicted octanol–water partition coefficient (Wildman–Crippen LogP) is 3.36. The van der Waals surface area contributed by atoms with Crippen LogP contribution < -0.4 is 4.74 Å². The number of hydrogen-bond acceptors (Lipinski definition) is 2. The molecule has 1 aliphatic heterocycles. The van der Waals surface area contributed by atoms with Gasteiger partial charge in [0.25, 0.3) is 0 Å². The van der Waals surface area contributed by atoms with Gasteiger partial charge in [-0.25, -0.2) is 0 Å². The van der Waals surface area contributed by atoms with Crippen molar-refractivity contribution >= 4 is 5.97 Å². The number of rotatable bonds is 0. The van der Waals surface area contributed by atoms with Crippen molar-refractivity contribution in [3.8, 4) is 5.75 Å². The van der Waals surface area contributed by atoms with Crippen LogP contribution >= 0.6 is 0 Å². The van der Waals surface area contributed by atoms with Gasteiger partial charge in [-0.1, -0.05) is 18.2 Å². The van der Waals surface area contributed by atoms with E-state index in [0.29, 0.717) is 6.07 Å². The molecule has 0 bridgehead atoms. The predicted molar refractivity (Wildman–Crippen MR) is 50.5 cm³/mol. The lowest BCUT2D eigenvalue weighted by Crippen LogP contribution is -2.57. The van der Waals surface area contributed by atoms with Gasteiger partial charge in [0.1, 0.15) is 5.75 Å². The van der Waals surface area contributed by atoms with Crippen LogP contribution in [-0.2, 0) is 10.2 Å². The molecule has 1 heterocycles. The number of benzene rings is 1. The van der Waals surface area contributed by atoms with E-state index >= 15 is 0 Å². The van der Waals surface area contributed by atoms with Gasteiger partial charge in [0, 0.05) is 5.56 Å². The van der Waals surface area contributed by atoms with E-state index in [9.17, 15) is 31.1 Å². The first-order chi connectivity index (χ1) is 8.59. The molecule has 0 unspecified atom stereocenters. The van der Waals surface area contributed by atoms with Crippen molar-refractivity contribution in [1.82, 2.24) is 0 Å². The van der Waals surface area contributed by atoms with Crippen molar-refractivity contribution in [2.75, 3.05) is 0 Å². The zero-order valence-corrected chi connectivity index (χ0v) is 9.10.